The molecule has 5 heteroatoms. The summed E-state index contributed by atoms with van der Waals surface area (Å²) in [5.74, 6) is -0.0622. The van der Waals surface area contributed by atoms with Crippen molar-refractivity contribution in [1.82, 2.24) is 19.7 Å². The smallest absolute Gasteiger partial charge is 0.246 e. The zero-order valence-corrected chi connectivity index (χ0v) is 17.6. The fraction of sp³-hybridized carbons (Fsp3) is 0.115. The zero-order valence-electron chi connectivity index (χ0n) is 17.6. The molecule has 2 aromatic heterocycles. The van der Waals surface area contributed by atoms with E-state index in [-0.39, 0.29) is 5.91 Å². The van der Waals surface area contributed by atoms with Gasteiger partial charge in [0.1, 0.15) is 5.69 Å². The Labute approximate surface area is 182 Å². The first-order chi connectivity index (χ1) is 15.1. The van der Waals surface area contributed by atoms with Gasteiger partial charge in [-0.1, -0.05) is 42.5 Å². The lowest BCUT2D eigenvalue weighted by molar-refractivity contribution is -0.125. The van der Waals surface area contributed by atoms with Crippen molar-refractivity contribution in [2.24, 2.45) is 0 Å². The molecule has 0 bridgehead atoms. The van der Waals surface area contributed by atoms with Gasteiger partial charge in [-0.15, -0.1) is 0 Å². The number of rotatable bonds is 6. The Kier molecular flexibility index (Phi) is 6.03. The summed E-state index contributed by atoms with van der Waals surface area (Å²) >= 11 is 0. The van der Waals surface area contributed by atoms with Gasteiger partial charge in [-0.05, 0) is 48.4 Å². The monoisotopic (exact) mass is 408 g/mol. The highest BCUT2D eigenvalue weighted by Gasteiger charge is 2.12. The largest absolute Gasteiger partial charge is 0.338 e. The summed E-state index contributed by atoms with van der Waals surface area (Å²) in [5, 5.41) is 4.75. The van der Waals surface area contributed by atoms with E-state index in [0.717, 1.165) is 28.1 Å². The lowest BCUT2D eigenvalue weighted by Crippen LogP contribution is -2.24. The van der Waals surface area contributed by atoms with Gasteiger partial charge in [-0.25, -0.2) is 4.68 Å². The van der Waals surface area contributed by atoms with E-state index in [2.05, 4.69) is 18.0 Å². The van der Waals surface area contributed by atoms with Crippen molar-refractivity contribution in [2.45, 2.75) is 13.5 Å². The molecule has 5 nitrogen and oxygen atoms in total. The minimum Gasteiger partial charge on any atom is -0.338 e. The quantitative estimate of drug-likeness (QED) is 0.426. The van der Waals surface area contributed by atoms with Gasteiger partial charge >= 0.3 is 0 Å². The van der Waals surface area contributed by atoms with E-state index >= 15 is 0 Å². The third-order valence-electron chi connectivity index (χ3n) is 5.15. The summed E-state index contributed by atoms with van der Waals surface area (Å²) in [6.45, 7) is 2.62. The maximum atomic E-state index is 12.8. The Morgan fingerprint density at radius 3 is 2.55 bits per heavy atom. The first kappa shape index (κ1) is 20.3. The second kappa shape index (κ2) is 9.22. The molecule has 0 fully saturated rings. The number of benzene rings is 2. The van der Waals surface area contributed by atoms with Gasteiger partial charge in [-0.3, -0.25) is 9.78 Å². The number of hydrogen-bond donors (Lipinski definition) is 0. The van der Waals surface area contributed by atoms with Gasteiger partial charge in [-0.2, -0.15) is 5.10 Å². The number of carbonyl (C=O) groups excluding carboxylic acids is 1. The molecule has 1 amide bonds. The molecule has 4 aromatic rings. The highest BCUT2D eigenvalue weighted by molar-refractivity contribution is 5.92. The van der Waals surface area contributed by atoms with Crippen LogP contribution >= 0.6 is 0 Å². The molecule has 4 rings (SSSR count). The molecular weight excluding hydrogens is 384 g/mol. The summed E-state index contributed by atoms with van der Waals surface area (Å²) in [7, 11) is 1.81. The van der Waals surface area contributed by atoms with Crippen LogP contribution in [0.1, 0.15) is 16.7 Å². The molecular formula is C26H24N4O. The number of amides is 1. The summed E-state index contributed by atoms with van der Waals surface area (Å²) in [6.07, 6.45) is 8.87. The van der Waals surface area contributed by atoms with Crippen LogP contribution in [0.15, 0.2) is 91.4 Å². The van der Waals surface area contributed by atoms with Crippen LogP contribution < -0.4 is 0 Å². The zero-order chi connectivity index (χ0) is 21.6. The van der Waals surface area contributed by atoms with E-state index in [1.165, 1.54) is 5.56 Å². The van der Waals surface area contributed by atoms with Crippen LogP contribution in [0, 0.1) is 6.92 Å². The van der Waals surface area contributed by atoms with Crippen LogP contribution in [-0.4, -0.2) is 32.6 Å². The molecule has 0 spiro atoms. The minimum absolute atomic E-state index is 0.0622. The maximum Gasteiger partial charge on any atom is 0.246 e. The Bertz CT molecular complexity index is 1200. The SMILES string of the molecule is Cc1ccccc1CN(C)C(=O)/C=C/c1cn(-c2ccccc2)nc1-c1cccnc1. The number of hydrogen-bond acceptors (Lipinski definition) is 3. The van der Waals surface area contributed by atoms with E-state index in [4.69, 9.17) is 5.10 Å². The number of carbonyl (C=O) groups is 1. The lowest BCUT2D eigenvalue weighted by Gasteiger charge is -2.16. The molecule has 0 aliphatic carbocycles. The van der Waals surface area contributed by atoms with E-state index in [0.29, 0.717) is 6.54 Å². The van der Waals surface area contributed by atoms with Gasteiger partial charge < -0.3 is 4.90 Å². The summed E-state index contributed by atoms with van der Waals surface area (Å²) < 4.78 is 1.82. The van der Waals surface area contributed by atoms with Crippen molar-refractivity contribution in [3.63, 3.8) is 0 Å². The Morgan fingerprint density at radius 1 is 1.03 bits per heavy atom. The molecule has 0 unspecified atom stereocenters. The van der Waals surface area contributed by atoms with Crippen LogP contribution in [-0.2, 0) is 11.3 Å². The van der Waals surface area contributed by atoms with Gasteiger partial charge in [0.25, 0.3) is 0 Å². The third-order valence-corrected chi connectivity index (χ3v) is 5.15. The van der Waals surface area contributed by atoms with Crippen molar-refractivity contribution >= 4 is 12.0 Å². The molecule has 0 aliphatic rings. The van der Waals surface area contributed by atoms with E-state index in [1.54, 1.807) is 23.4 Å². The van der Waals surface area contributed by atoms with Crippen LogP contribution in [0.25, 0.3) is 23.0 Å². The molecule has 154 valence electrons. The number of para-hydroxylation sites is 1. The van der Waals surface area contributed by atoms with Gasteiger partial charge in [0, 0.05) is 49.4 Å². The van der Waals surface area contributed by atoms with E-state index in [1.807, 2.05) is 84.7 Å². The van der Waals surface area contributed by atoms with E-state index in [9.17, 15) is 4.79 Å². The molecule has 0 aliphatic heterocycles. The summed E-state index contributed by atoms with van der Waals surface area (Å²) in [6, 6.07) is 21.9. The van der Waals surface area contributed by atoms with Crippen molar-refractivity contribution in [1.29, 1.82) is 0 Å². The number of pyridine rings is 1. The molecule has 0 saturated heterocycles. The molecule has 0 atom stereocenters. The molecule has 0 N–H and O–H groups in total. The average Bonchev–Trinajstić information content (AvgIpc) is 3.24. The summed E-state index contributed by atoms with van der Waals surface area (Å²) in [5.41, 5.74) is 5.80. The predicted octanol–water partition coefficient (Wildman–Crippen LogP) is 4.91. The maximum absolute atomic E-state index is 12.8. The number of nitrogens with zero attached hydrogens (tertiary/aromatic N) is 4. The van der Waals surface area contributed by atoms with Crippen molar-refractivity contribution in [2.75, 3.05) is 7.05 Å². The first-order valence-corrected chi connectivity index (χ1v) is 10.1. The Hall–Kier alpha value is -3.99. The molecule has 2 heterocycles. The molecule has 2 aromatic carbocycles. The van der Waals surface area contributed by atoms with Gasteiger partial charge in [0.2, 0.25) is 5.91 Å². The molecule has 0 radical (unpaired) electrons. The summed E-state index contributed by atoms with van der Waals surface area (Å²) in [4.78, 5) is 18.7. The van der Waals surface area contributed by atoms with Crippen molar-refractivity contribution in [3.8, 4) is 16.9 Å². The normalized spacial score (nSPS) is 11.0. The number of likely N-dealkylation sites (N-methyl/N-ethyl adjacent to an activating group) is 1. The minimum atomic E-state index is -0.0622. The van der Waals surface area contributed by atoms with Crippen LogP contribution in [0.3, 0.4) is 0 Å². The molecule has 31 heavy (non-hydrogen) atoms. The van der Waals surface area contributed by atoms with Crippen LogP contribution in [0.5, 0.6) is 0 Å². The Morgan fingerprint density at radius 2 is 1.81 bits per heavy atom. The van der Waals surface area contributed by atoms with Crippen molar-refractivity contribution in [3.05, 3.63) is 108 Å². The second-order valence-corrected chi connectivity index (χ2v) is 7.41. The third kappa shape index (κ3) is 4.78. The van der Waals surface area contributed by atoms with Crippen LogP contribution in [0.4, 0.5) is 0 Å². The first-order valence-electron chi connectivity index (χ1n) is 10.1. The average molecular weight is 409 g/mol. The fourth-order valence-corrected chi connectivity index (χ4v) is 3.36. The standard InChI is InChI=1S/C26H24N4O/c1-20-9-6-7-10-22(20)18-29(2)25(31)15-14-23-19-30(24-12-4-3-5-13-24)28-26(23)21-11-8-16-27-17-21/h3-17,19H,18H2,1-2H3/b15-14+. The lowest BCUT2D eigenvalue weighted by atomic mass is 10.1. The second-order valence-electron chi connectivity index (χ2n) is 7.41. The highest BCUT2D eigenvalue weighted by Crippen LogP contribution is 2.24. The molecule has 0 saturated carbocycles. The fourth-order valence-electron chi connectivity index (χ4n) is 3.36. The predicted molar refractivity (Wildman–Crippen MR) is 123 cm³/mol. The van der Waals surface area contributed by atoms with Gasteiger partial charge in [0.15, 0.2) is 0 Å². The van der Waals surface area contributed by atoms with E-state index < -0.39 is 0 Å². The van der Waals surface area contributed by atoms with Crippen molar-refractivity contribution < 1.29 is 4.79 Å². The van der Waals surface area contributed by atoms with Gasteiger partial charge in [0.05, 0.1) is 5.69 Å². The topological polar surface area (TPSA) is 51.0 Å². The van der Waals surface area contributed by atoms with Crippen LogP contribution in [0.2, 0.25) is 0 Å². The highest BCUT2D eigenvalue weighted by atomic mass is 16.2. The number of aromatic nitrogens is 3. The Balaban J connectivity index is 1.60. The number of aryl methyl sites for hydroxylation is 1.